The van der Waals surface area contributed by atoms with Gasteiger partial charge in [0.2, 0.25) is 0 Å². The molecule has 3 aromatic rings. The summed E-state index contributed by atoms with van der Waals surface area (Å²) in [7, 11) is 0. The van der Waals surface area contributed by atoms with E-state index in [1.54, 1.807) is 11.1 Å². The van der Waals surface area contributed by atoms with Crippen LogP contribution in [-0.4, -0.2) is 69.7 Å². The molecule has 230 valence electrons. The second-order valence-electron chi connectivity index (χ2n) is 11.7. The summed E-state index contributed by atoms with van der Waals surface area (Å²) in [6.07, 6.45) is 2.80. The molecule has 5 rings (SSSR count). The summed E-state index contributed by atoms with van der Waals surface area (Å²) < 4.78 is 36.9. The number of aliphatic hydroxyl groups excluding tert-OH is 1. The zero-order valence-corrected chi connectivity index (χ0v) is 24.7. The Bertz CT molecular complexity index is 1410. The van der Waals surface area contributed by atoms with Crippen LogP contribution in [0.15, 0.2) is 54.7 Å². The van der Waals surface area contributed by atoms with Crippen molar-refractivity contribution in [3.63, 3.8) is 0 Å². The minimum absolute atomic E-state index is 0.0109. The van der Waals surface area contributed by atoms with Crippen LogP contribution in [0.4, 0.5) is 8.78 Å². The normalized spacial score (nSPS) is 20.6. The number of rotatable bonds is 11. The Hall–Kier alpha value is -3.47. The van der Waals surface area contributed by atoms with Crippen molar-refractivity contribution in [2.45, 2.75) is 64.3 Å². The molecule has 2 aliphatic heterocycles. The predicted octanol–water partition coefficient (Wildman–Crippen LogP) is 4.51. The van der Waals surface area contributed by atoms with Crippen molar-refractivity contribution >= 4 is 11.7 Å². The highest BCUT2D eigenvalue weighted by molar-refractivity contribution is 5.84. The van der Waals surface area contributed by atoms with Gasteiger partial charge < -0.3 is 24.6 Å². The van der Waals surface area contributed by atoms with Crippen LogP contribution < -0.4 is 5.32 Å². The van der Waals surface area contributed by atoms with Crippen LogP contribution in [-0.2, 0) is 20.9 Å². The maximum Gasteiger partial charge on any atom is 0.251 e. The van der Waals surface area contributed by atoms with E-state index in [0.717, 1.165) is 23.8 Å². The lowest BCUT2D eigenvalue weighted by molar-refractivity contribution is -0.145. The van der Waals surface area contributed by atoms with Gasteiger partial charge in [0.15, 0.2) is 0 Å². The van der Waals surface area contributed by atoms with Crippen molar-refractivity contribution in [2.24, 2.45) is 11.8 Å². The molecule has 2 unspecified atom stereocenters. The van der Waals surface area contributed by atoms with E-state index in [9.17, 15) is 19.1 Å². The average molecular weight is 595 g/mol. The number of hydrogen-bond acceptors (Lipinski definition) is 6. The number of ether oxygens (including phenoxy) is 1. The highest BCUT2D eigenvalue weighted by atomic mass is 19.1. The Morgan fingerprint density at radius 2 is 1.91 bits per heavy atom. The second kappa shape index (κ2) is 13.9. The highest BCUT2D eigenvalue weighted by Gasteiger charge is 2.40. The molecule has 10 heteroatoms. The molecular formula is C33H40F2N4O4. The highest BCUT2D eigenvalue weighted by Crippen LogP contribution is 2.38. The Kier molecular flexibility index (Phi) is 10.00. The van der Waals surface area contributed by atoms with Crippen molar-refractivity contribution < 1.29 is 28.2 Å². The Morgan fingerprint density at radius 3 is 2.60 bits per heavy atom. The van der Waals surface area contributed by atoms with E-state index in [0.29, 0.717) is 64.4 Å². The van der Waals surface area contributed by atoms with Crippen LogP contribution in [0.25, 0.3) is 11.3 Å². The third kappa shape index (κ3) is 7.20. The summed E-state index contributed by atoms with van der Waals surface area (Å²) in [6, 6.07) is 12.2. The number of Topliss-reactive ketones (excluding diaryl/α,β-unsaturated/α-hetero) is 1. The van der Waals surface area contributed by atoms with Crippen LogP contribution >= 0.6 is 0 Å². The van der Waals surface area contributed by atoms with Crippen LogP contribution in [0, 0.1) is 23.5 Å². The van der Waals surface area contributed by atoms with Crippen molar-refractivity contribution in [3.8, 4) is 11.3 Å². The fourth-order valence-corrected chi connectivity index (χ4v) is 6.33. The Labute approximate surface area is 251 Å². The third-order valence-corrected chi connectivity index (χ3v) is 8.57. The molecule has 0 saturated carbocycles. The summed E-state index contributed by atoms with van der Waals surface area (Å²) >= 11 is 0. The summed E-state index contributed by atoms with van der Waals surface area (Å²) in [5.74, 6) is -1.00. The summed E-state index contributed by atoms with van der Waals surface area (Å²) in [6.45, 7) is 5.60. The maximum atomic E-state index is 15.0. The smallest absolute Gasteiger partial charge is 0.251 e. The number of benzene rings is 2. The fourth-order valence-electron chi connectivity index (χ4n) is 6.33. The summed E-state index contributed by atoms with van der Waals surface area (Å²) in [5.41, 5.74) is 1.28. The van der Waals surface area contributed by atoms with Crippen molar-refractivity contribution in [3.05, 3.63) is 77.8 Å². The molecule has 8 nitrogen and oxygen atoms in total. The topological polar surface area (TPSA) is 96.7 Å². The van der Waals surface area contributed by atoms with E-state index in [-0.39, 0.29) is 34.9 Å². The van der Waals surface area contributed by atoms with Crippen molar-refractivity contribution in [2.75, 3.05) is 26.3 Å². The minimum atomic E-state index is -1.26. The van der Waals surface area contributed by atoms with Crippen LogP contribution in [0.2, 0.25) is 0 Å². The number of ketones is 1. The average Bonchev–Trinajstić information content (AvgIpc) is 3.66. The van der Waals surface area contributed by atoms with Gasteiger partial charge in [-0.2, -0.15) is 0 Å². The van der Waals surface area contributed by atoms with Crippen LogP contribution in [0.1, 0.15) is 57.0 Å². The zero-order chi connectivity index (χ0) is 30.5. The molecule has 0 spiro atoms. The molecule has 4 atom stereocenters. The molecule has 0 aliphatic carbocycles. The molecule has 2 N–H and O–H groups in total. The summed E-state index contributed by atoms with van der Waals surface area (Å²) in [5, 5.41) is 13.9. The molecule has 3 heterocycles. The molecular weight excluding hydrogens is 554 g/mol. The van der Waals surface area contributed by atoms with Crippen molar-refractivity contribution in [1.29, 1.82) is 0 Å². The number of imidazole rings is 1. The van der Waals surface area contributed by atoms with Crippen molar-refractivity contribution in [1.82, 2.24) is 19.8 Å². The van der Waals surface area contributed by atoms with E-state index in [4.69, 9.17) is 9.72 Å². The van der Waals surface area contributed by atoms with Gasteiger partial charge in [-0.05, 0) is 61.8 Å². The molecule has 1 amide bonds. The molecule has 0 radical (unpaired) electrons. The van der Waals surface area contributed by atoms with Gasteiger partial charge in [0.25, 0.3) is 5.91 Å². The maximum absolute atomic E-state index is 15.0. The van der Waals surface area contributed by atoms with E-state index in [1.807, 2.05) is 41.8 Å². The molecule has 2 aliphatic rings. The lowest BCUT2D eigenvalue weighted by atomic mass is 9.88. The van der Waals surface area contributed by atoms with Gasteiger partial charge in [0, 0.05) is 51.0 Å². The molecule has 2 aromatic carbocycles. The first kappa shape index (κ1) is 31.0. The quantitative estimate of drug-likeness (QED) is 0.339. The molecule has 0 bridgehead atoms. The standard InChI is InChI=1S/C33H40F2N4O4/c1-3-30(41)28-15-23(17-36-28)19-39(33(42)21(2)40)31(24-11-13-43-14-12-24)32-37-29(26-16-25(34)9-10-27(26)35)20-38(32)18-22-7-5-4-6-8-22/h4-10,16,20-21,23-24,28,31,36,40H,3,11-15,17-19H2,1-2H3/t21-,23?,28?,31+/m0/s1. The van der Waals surface area contributed by atoms with Gasteiger partial charge in [-0.3, -0.25) is 9.59 Å². The number of nitrogens with zero attached hydrogens (tertiary/aromatic N) is 3. The number of aliphatic hydroxyl groups is 1. The van der Waals surface area contributed by atoms with Gasteiger partial charge in [-0.15, -0.1) is 0 Å². The largest absolute Gasteiger partial charge is 0.384 e. The number of aromatic nitrogens is 2. The predicted molar refractivity (Wildman–Crippen MR) is 158 cm³/mol. The number of halogens is 2. The van der Waals surface area contributed by atoms with Gasteiger partial charge in [-0.25, -0.2) is 13.8 Å². The lowest BCUT2D eigenvalue weighted by Gasteiger charge is -2.40. The third-order valence-electron chi connectivity index (χ3n) is 8.57. The molecule has 2 fully saturated rings. The first-order valence-corrected chi connectivity index (χ1v) is 15.1. The zero-order valence-electron chi connectivity index (χ0n) is 24.7. The van der Waals surface area contributed by atoms with Crippen LogP contribution in [0.3, 0.4) is 0 Å². The molecule has 2 saturated heterocycles. The van der Waals surface area contributed by atoms with Crippen LogP contribution in [0.5, 0.6) is 0 Å². The van der Waals surface area contributed by atoms with Gasteiger partial charge in [0.05, 0.1) is 17.8 Å². The number of carbonyl (C=O) groups excluding carboxylic acids is 2. The number of hydrogen-bond donors (Lipinski definition) is 2. The molecule has 43 heavy (non-hydrogen) atoms. The summed E-state index contributed by atoms with van der Waals surface area (Å²) in [4.78, 5) is 32.9. The second-order valence-corrected chi connectivity index (χ2v) is 11.7. The SMILES string of the molecule is CCC(=O)C1CC(CN(C(=O)[C@H](C)O)[C@@H](c2nc(-c3cc(F)ccc3F)cn2Cc2ccccc2)C2CCOCC2)CN1. The number of amides is 1. The Morgan fingerprint density at radius 1 is 1.16 bits per heavy atom. The van der Waals surface area contributed by atoms with Gasteiger partial charge in [-0.1, -0.05) is 37.3 Å². The fraction of sp³-hybridized carbons (Fsp3) is 0.485. The van der Waals surface area contributed by atoms with E-state index < -0.39 is 29.7 Å². The number of carbonyl (C=O) groups is 2. The van der Waals surface area contributed by atoms with E-state index in [2.05, 4.69) is 5.32 Å². The lowest BCUT2D eigenvalue weighted by Crippen LogP contribution is -2.47. The van der Waals surface area contributed by atoms with E-state index >= 15 is 4.39 Å². The first-order valence-electron chi connectivity index (χ1n) is 15.1. The first-order chi connectivity index (χ1) is 20.7. The van der Waals surface area contributed by atoms with Gasteiger partial charge >= 0.3 is 0 Å². The molecule has 1 aromatic heterocycles. The monoisotopic (exact) mass is 594 g/mol. The van der Waals surface area contributed by atoms with Gasteiger partial charge in [0.1, 0.15) is 29.3 Å². The minimum Gasteiger partial charge on any atom is -0.384 e. The number of nitrogens with one attached hydrogen (secondary N) is 1. The van der Waals surface area contributed by atoms with E-state index in [1.165, 1.54) is 6.92 Å². The Balaban J connectivity index is 1.61.